The quantitative estimate of drug-likeness (QED) is 0.584. The zero-order valence-corrected chi connectivity index (χ0v) is 9.94. The molecule has 1 heteroatoms. The predicted molar refractivity (Wildman–Crippen MR) is 61.4 cm³/mol. The van der Waals surface area contributed by atoms with Gasteiger partial charge in [0.05, 0.1) is 4.87 Å². The Balaban J connectivity index is 0.000000671. The Bertz CT molecular complexity index is 228. The van der Waals surface area contributed by atoms with Crippen molar-refractivity contribution in [3.63, 3.8) is 0 Å². The van der Waals surface area contributed by atoms with E-state index >= 15 is 0 Å². The molecule has 0 unspecified atom stereocenters. The summed E-state index contributed by atoms with van der Waals surface area (Å²) in [6.07, 6.45) is 0. The van der Waals surface area contributed by atoms with E-state index in [0.29, 0.717) is 0 Å². The van der Waals surface area contributed by atoms with Crippen molar-refractivity contribution in [3.8, 4) is 0 Å². The Kier molecular flexibility index (Phi) is 5.09. The Morgan fingerprint density at radius 3 is 1.69 bits per heavy atom. The van der Waals surface area contributed by atoms with Gasteiger partial charge in [0.1, 0.15) is 0 Å². The topological polar surface area (TPSA) is 0 Å². The molecule has 0 fully saturated rings. The minimum Gasteiger partial charge on any atom is -0.115 e. The van der Waals surface area contributed by atoms with Crippen LogP contribution in [0, 0.1) is 6.92 Å². The molecule has 0 radical (unpaired) electrons. The number of rotatable bonds is 1. The van der Waals surface area contributed by atoms with Gasteiger partial charge in [-0.15, -0.1) is 11.6 Å². The van der Waals surface area contributed by atoms with E-state index in [4.69, 9.17) is 11.6 Å². The summed E-state index contributed by atoms with van der Waals surface area (Å²) < 4.78 is 0. The van der Waals surface area contributed by atoms with Crippen LogP contribution in [0.2, 0.25) is 0 Å². The summed E-state index contributed by atoms with van der Waals surface area (Å²) in [5.41, 5.74) is 2.44. The number of hydrogen-bond donors (Lipinski definition) is 0. The normalized spacial score (nSPS) is 10.3. The van der Waals surface area contributed by atoms with Gasteiger partial charge in [0.25, 0.3) is 0 Å². The molecule has 0 saturated heterocycles. The highest BCUT2D eigenvalue weighted by Gasteiger charge is 2.14. The first kappa shape index (κ1) is 12.5. The molecule has 1 aromatic carbocycles. The lowest BCUT2D eigenvalue weighted by Gasteiger charge is -2.15. The van der Waals surface area contributed by atoms with Crippen LogP contribution in [-0.4, -0.2) is 0 Å². The molecular weight excluding hydrogens is 180 g/mol. The molecule has 0 spiro atoms. The second-order valence-electron chi connectivity index (χ2n) is 3.34. The summed E-state index contributed by atoms with van der Waals surface area (Å²) in [6, 6.07) is 8.31. The average molecular weight is 199 g/mol. The molecular formula is C12H19Cl. The zero-order valence-electron chi connectivity index (χ0n) is 9.19. The van der Waals surface area contributed by atoms with Gasteiger partial charge >= 0.3 is 0 Å². The molecule has 0 saturated carbocycles. The second kappa shape index (κ2) is 5.29. The van der Waals surface area contributed by atoms with E-state index in [-0.39, 0.29) is 4.87 Å². The molecule has 0 bridgehead atoms. The molecule has 0 N–H and O–H groups in total. The van der Waals surface area contributed by atoms with Gasteiger partial charge in [-0.2, -0.15) is 0 Å². The molecule has 0 heterocycles. The van der Waals surface area contributed by atoms with Crippen LogP contribution in [-0.2, 0) is 4.87 Å². The van der Waals surface area contributed by atoms with Crippen molar-refractivity contribution in [1.29, 1.82) is 0 Å². The summed E-state index contributed by atoms with van der Waals surface area (Å²) in [6.45, 7) is 10.1. The van der Waals surface area contributed by atoms with Crippen molar-refractivity contribution >= 4 is 11.6 Å². The van der Waals surface area contributed by atoms with E-state index in [9.17, 15) is 0 Å². The standard InChI is InChI=1S/C10H13Cl.C2H6/c1-8-4-6-9(7-5-8)10(2,3)11;1-2/h4-7H,1-3H3;1-2H3. The molecule has 13 heavy (non-hydrogen) atoms. The SMILES string of the molecule is CC.Cc1ccc(C(C)(C)Cl)cc1. The predicted octanol–water partition coefficient (Wildman–Crippen LogP) is 4.50. The van der Waals surface area contributed by atoms with E-state index in [1.54, 1.807) is 0 Å². The Morgan fingerprint density at radius 1 is 1.00 bits per heavy atom. The number of hydrogen-bond acceptors (Lipinski definition) is 0. The van der Waals surface area contributed by atoms with Crippen LogP contribution in [0.3, 0.4) is 0 Å². The van der Waals surface area contributed by atoms with Crippen LogP contribution in [0.25, 0.3) is 0 Å². The minimum absolute atomic E-state index is 0.242. The maximum absolute atomic E-state index is 6.11. The van der Waals surface area contributed by atoms with Crippen LogP contribution in [0.15, 0.2) is 24.3 Å². The second-order valence-corrected chi connectivity index (χ2v) is 4.28. The van der Waals surface area contributed by atoms with Gasteiger partial charge in [-0.1, -0.05) is 43.7 Å². The lowest BCUT2D eigenvalue weighted by atomic mass is 10.0. The Hall–Kier alpha value is -0.490. The molecule has 0 atom stereocenters. The molecule has 0 nitrogen and oxygen atoms in total. The summed E-state index contributed by atoms with van der Waals surface area (Å²) in [7, 11) is 0. The molecule has 74 valence electrons. The van der Waals surface area contributed by atoms with Gasteiger partial charge in [0.15, 0.2) is 0 Å². The van der Waals surface area contributed by atoms with Crippen molar-refractivity contribution in [2.45, 2.75) is 39.5 Å². The van der Waals surface area contributed by atoms with Gasteiger partial charge in [0.2, 0.25) is 0 Å². The maximum atomic E-state index is 6.11. The number of aryl methyl sites for hydroxylation is 1. The molecule has 0 aliphatic carbocycles. The summed E-state index contributed by atoms with van der Waals surface area (Å²) >= 11 is 6.11. The van der Waals surface area contributed by atoms with Crippen LogP contribution in [0.4, 0.5) is 0 Å². The monoisotopic (exact) mass is 198 g/mol. The van der Waals surface area contributed by atoms with Crippen molar-refractivity contribution in [1.82, 2.24) is 0 Å². The zero-order chi connectivity index (χ0) is 10.5. The fraction of sp³-hybridized carbons (Fsp3) is 0.500. The van der Waals surface area contributed by atoms with Gasteiger partial charge in [-0.25, -0.2) is 0 Å². The first-order valence-electron chi connectivity index (χ1n) is 4.76. The maximum Gasteiger partial charge on any atom is 0.0638 e. The molecule has 0 aliphatic heterocycles. The van der Waals surface area contributed by atoms with Gasteiger partial charge < -0.3 is 0 Å². The molecule has 1 aromatic rings. The lowest BCUT2D eigenvalue weighted by Crippen LogP contribution is -2.06. The Labute approximate surface area is 86.9 Å². The third kappa shape index (κ3) is 4.33. The minimum atomic E-state index is -0.242. The average Bonchev–Trinajstić information content (AvgIpc) is 2.07. The van der Waals surface area contributed by atoms with Gasteiger partial charge in [-0.05, 0) is 26.3 Å². The summed E-state index contributed by atoms with van der Waals surface area (Å²) in [5.74, 6) is 0. The van der Waals surface area contributed by atoms with Crippen molar-refractivity contribution in [2.24, 2.45) is 0 Å². The molecule has 0 amide bonds. The van der Waals surface area contributed by atoms with Crippen molar-refractivity contribution in [3.05, 3.63) is 35.4 Å². The number of benzene rings is 1. The van der Waals surface area contributed by atoms with E-state index in [1.807, 2.05) is 27.7 Å². The van der Waals surface area contributed by atoms with Gasteiger partial charge in [-0.3, -0.25) is 0 Å². The van der Waals surface area contributed by atoms with Crippen LogP contribution in [0.1, 0.15) is 38.8 Å². The fourth-order valence-electron chi connectivity index (χ4n) is 0.950. The lowest BCUT2D eigenvalue weighted by molar-refractivity contribution is 0.766. The van der Waals surface area contributed by atoms with Crippen LogP contribution < -0.4 is 0 Å². The van der Waals surface area contributed by atoms with E-state index in [0.717, 1.165) is 0 Å². The number of halogens is 1. The number of alkyl halides is 1. The molecule has 0 aromatic heterocycles. The highest BCUT2D eigenvalue weighted by atomic mass is 35.5. The van der Waals surface area contributed by atoms with Crippen LogP contribution >= 0.6 is 11.6 Å². The first-order valence-corrected chi connectivity index (χ1v) is 5.14. The molecule has 0 aliphatic rings. The van der Waals surface area contributed by atoms with E-state index in [1.165, 1.54) is 11.1 Å². The van der Waals surface area contributed by atoms with Crippen LogP contribution in [0.5, 0.6) is 0 Å². The van der Waals surface area contributed by atoms with Crippen molar-refractivity contribution < 1.29 is 0 Å². The smallest absolute Gasteiger partial charge is 0.0638 e. The fourth-order valence-corrected chi connectivity index (χ4v) is 1.08. The van der Waals surface area contributed by atoms with E-state index < -0.39 is 0 Å². The van der Waals surface area contributed by atoms with Gasteiger partial charge in [0, 0.05) is 0 Å². The first-order chi connectivity index (χ1) is 6.00. The summed E-state index contributed by atoms with van der Waals surface area (Å²) in [4.78, 5) is -0.242. The highest BCUT2D eigenvalue weighted by Crippen LogP contribution is 2.27. The van der Waals surface area contributed by atoms with E-state index in [2.05, 4.69) is 31.2 Å². The van der Waals surface area contributed by atoms with Crippen molar-refractivity contribution in [2.75, 3.05) is 0 Å². The molecule has 1 rings (SSSR count). The Morgan fingerprint density at radius 2 is 1.38 bits per heavy atom. The highest BCUT2D eigenvalue weighted by molar-refractivity contribution is 6.23. The summed E-state index contributed by atoms with van der Waals surface area (Å²) in [5, 5.41) is 0. The largest absolute Gasteiger partial charge is 0.115 e. The third-order valence-electron chi connectivity index (χ3n) is 1.74. The third-order valence-corrected chi connectivity index (χ3v) is 1.96.